The van der Waals surface area contributed by atoms with Crippen molar-refractivity contribution < 1.29 is 4.79 Å². The third-order valence-corrected chi connectivity index (χ3v) is 2.84. The lowest BCUT2D eigenvalue weighted by atomic mass is 10.1. The number of aromatic nitrogens is 1. The van der Waals surface area contributed by atoms with Gasteiger partial charge in [-0.3, -0.25) is 9.78 Å². The van der Waals surface area contributed by atoms with E-state index in [1.165, 1.54) is 6.92 Å². The predicted octanol–water partition coefficient (Wildman–Crippen LogP) is 3.53. The molecule has 0 aliphatic rings. The smallest absolute Gasteiger partial charge is 0.161 e. The van der Waals surface area contributed by atoms with Gasteiger partial charge < -0.3 is 0 Å². The normalized spacial score (nSPS) is 10.2. The standard InChI is InChI=1S/C14H12ClNO/c1-10(17)13-6-5-11(9-14(13)15)8-12-4-2-3-7-16-12/h2-7,9H,8H2,1H3. The van der Waals surface area contributed by atoms with Gasteiger partial charge in [0.05, 0.1) is 5.02 Å². The van der Waals surface area contributed by atoms with Gasteiger partial charge in [0.2, 0.25) is 0 Å². The summed E-state index contributed by atoms with van der Waals surface area (Å²) in [5, 5.41) is 0.505. The second kappa shape index (κ2) is 5.11. The van der Waals surface area contributed by atoms with E-state index in [0.29, 0.717) is 10.6 Å². The Hall–Kier alpha value is -1.67. The molecule has 3 heteroatoms. The van der Waals surface area contributed by atoms with E-state index >= 15 is 0 Å². The number of pyridine rings is 1. The molecule has 2 nitrogen and oxygen atoms in total. The van der Waals surface area contributed by atoms with E-state index in [1.54, 1.807) is 12.3 Å². The van der Waals surface area contributed by atoms with Crippen LogP contribution in [0.3, 0.4) is 0 Å². The van der Waals surface area contributed by atoms with Crippen molar-refractivity contribution in [2.24, 2.45) is 0 Å². The van der Waals surface area contributed by atoms with E-state index in [-0.39, 0.29) is 5.78 Å². The molecule has 0 N–H and O–H groups in total. The number of ketones is 1. The Labute approximate surface area is 105 Å². The van der Waals surface area contributed by atoms with Crippen LogP contribution in [0.1, 0.15) is 28.5 Å². The van der Waals surface area contributed by atoms with Crippen LogP contribution in [0, 0.1) is 0 Å². The van der Waals surface area contributed by atoms with Crippen LogP contribution < -0.4 is 0 Å². The summed E-state index contributed by atoms with van der Waals surface area (Å²) < 4.78 is 0. The molecule has 1 heterocycles. The molecule has 0 saturated carbocycles. The number of benzene rings is 1. The third kappa shape index (κ3) is 2.92. The summed E-state index contributed by atoms with van der Waals surface area (Å²) in [5.74, 6) is -0.0145. The number of carbonyl (C=O) groups is 1. The zero-order valence-corrected chi connectivity index (χ0v) is 10.2. The van der Waals surface area contributed by atoms with Gasteiger partial charge >= 0.3 is 0 Å². The second-order valence-corrected chi connectivity index (χ2v) is 4.28. The lowest BCUT2D eigenvalue weighted by Gasteiger charge is -2.04. The number of hydrogen-bond acceptors (Lipinski definition) is 2. The first-order valence-corrected chi connectivity index (χ1v) is 5.74. The fourth-order valence-corrected chi connectivity index (χ4v) is 2.00. The Morgan fingerprint density at radius 2 is 2.12 bits per heavy atom. The second-order valence-electron chi connectivity index (χ2n) is 3.87. The molecule has 0 saturated heterocycles. The highest BCUT2D eigenvalue weighted by Crippen LogP contribution is 2.19. The Kier molecular flexibility index (Phi) is 3.55. The maximum absolute atomic E-state index is 11.2. The molecule has 0 unspecified atom stereocenters. The molecule has 0 amide bonds. The molecule has 0 aliphatic heterocycles. The minimum absolute atomic E-state index is 0.0145. The largest absolute Gasteiger partial charge is 0.294 e. The maximum Gasteiger partial charge on any atom is 0.161 e. The van der Waals surface area contributed by atoms with Crippen molar-refractivity contribution in [3.05, 3.63) is 64.4 Å². The topological polar surface area (TPSA) is 30.0 Å². The van der Waals surface area contributed by atoms with Gasteiger partial charge in [-0.25, -0.2) is 0 Å². The highest BCUT2D eigenvalue weighted by atomic mass is 35.5. The summed E-state index contributed by atoms with van der Waals surface area (Å²) in [6.07, 6.45) is 2.49. The number of rotatable bonds is 3. The monoisotopic (exact) mass is 245 g/mol. The molecule has 2 rings (SSSR count). The van der Waals surface area contributed by atoms with Crippen LogP contribution in [-0.2, 0) is 6.42 Å². The van der Waals surface area contributed by atoms with Crippen molar-refractivity contribution in [1.82, 2.24) is 4.98 Å². The molecule has 86 valence electrons. The van der Waals surface area contributed by atoms with E-state index < -0.39 is 0 Å². The van der Waals surface area contributed by atoms with Crippen molar-refractivity contribution in [1.29, 1.82) is 0 Å². The summed E-state index contributed by atoms with van der Waals surface area (Å²) in [7, 11) is 0. The van der Waals surface area contributed by atoms with Gasteiger partial charge in [-0.05, 0) is 36.8 Å². The first-order valence-electron chi connectivity index (χ1n) is 5.36. The molecule has 17 heavy (non-hydrogen) atoms. The van der Waals surface area contributed by atoms with Crippen LogP contribution in [0.15, 0.2) is 42.6 Å². The quantitative estimate of drug-likeness (QED) is 0.775. The fraction of sp³-hybridized carbons (Fsp3) is 0.143. The minimum Gasteiger partial charge on any atom is -0.294 e. The summed E-state index contributed by atoms with van der Waals surface area (Å²) in [5.41, 5.74) is 2.61. The van der Waals surface area contributed by atoms with Gasteiger partial charge in [-0.1, -0.05) is 23.7 Å². The molecule has 0 fully saturated rings. The molecule has 0 atom stereocenters. The number of Topliss-reactive ketones (excluding diaryl/α,β-unsaturated/α-hetero) is 1. The van der Waals surface area contributed by atoms with E-state index in [1.807, 2.05) is 30.3 Å². The fourth-order valence-electron chi connectivity index (χ4n) is 1.67. The molecular formula is C14H12ClNO. The first-order chi connectivity index (χ1) is 8.16. The minimum atomic E-state index is -0.0145. The predicted molar refractivity (Wildman–Crippen MR) is 68.5 cm³/mol. The van der Waals surface area contributed by atoms with Crippen molar-refractivity contribution in [3.8, 4) is 0 Å². The van der Waals surface area contributed by atoms with Crippen LogP contribution >= 0.6 is 11.6 Å². The van der Waals surface area contributed by atoms with Gasteiger partial charge in [-0.15, -0.1) is 0 Å². The Balaban J connectivity index is 2.24. The zero-order chi connectivity index (χ0) is 12.3. The molecule has 1 aromatic carbocycles. The van der Waals surface area contributed by atoms with Crippen LogP contribution in [0.2, 0.25) is 5.02 Å². The zero-order valence-electron chi connectivity index (χ0n) is 9.48. The molecular weight excluding hydrogens is 234 g/mol. The average Bonchev–Trinajstić information content (AvgIpc) is 2.30. The van der Waals surface area contributed by atoms with Gasteiger partial charge in [0.15, 0.2) is 5.78 Å². The maximum atomic E-state index is 11.2. The molecule has 2 aromatic rings. The Bertz CT molecular complexity index is 537. The van der Waals surface area contributed by atoms with Crippen LogP contribution in [-0.4, -0.2) is 10.8 Å². The molecule has 1 aromatic heterocycles. The number of carbonyl (C=O) groups excluding carboxylic acids is 1. The van der Waals surface area contributed by atoms with Crippen molar-refractivity contribution in [2.75, 3.05) is 0 Å². The van der Waals surface area contributed by atoms with Crippen LogP contribution in [0.25, 0.3) is 0 Å². The first kappa shape index (κ1) is 11.8. The highest BCUT2D eigenvalue weighted by Gasteiger charge is 2.06. The van der Waals surface area contributed by atoms with E-state index in [4.69, 9.17) is 11.6 Å². The van der Waals surface area contributed by atoms with Crippen molar-refractivity contribution in [3.63, 3.8) is 0 Å². The number of nitrogens with zero attached hydrogens (tertiary/aromatic N) is 1. The van der Waals surface area contributed by atoms with Crippen molar-refractivity contribution >= 4 is 17.4 Å². The Morgan fingerprint density at radius 3 is 2.71 bits per heavy atom. The lowest BCUT2D eigenvalue weighted by Crippen LogP contribution is -1.96. The van der Waals surface area contributed by atoms with E-state index in [2.05, 4.69) is 4.98 Å². The van der Waals surface area contributed by atoms with Gasteiger partial charge in [0, 0.05) is 23.9 Å². The molecule has 0 bridgehead atoms. The summed E-state index contributed by atoms with van der Waals surface area (Å²) in [4.78, 5) is 15.5. The van der Waals surface area contributed by atoms with E-state index in [0.717, 1.165) is 17.7 Å². The molecule has 0 aliphatic carbocycles. The van der Waals surface area contributed by atoms with Gasteiger partial charge in [-0.2, -0.15) is 0 Å². The van der Waals surface area contributed by atoms with Gasteiger partial charge in [0.1, 0.15) is 0 Å². The van der Waals surface area contributed by atoms with E-state index in [9.17, 15) is 4.79 Å². The summed E-state index contributed by atoms with van der Waals surface area (Å²) >= 11 is 6.05. The molecule has 0 radical (unpaired) electrons. The third-order valence-electron chi connectivity index (χ3n) is 2.52. The molecule has 0 spiro atoms. The highest BCUT2D eigenvalue weighted by molar-refractivity contribution is 6.33. The summed E-state index contributed by atoms with van der Waals surface area (Å²) in [6.45, 7) is 1.51. The number of halogens is 1. The lowest BCUT2D eigenvalue weighted by molar-refractivity contribution is 0.101. The van der Waals surface area contributed by atoms with Crippen molar-refractivity contribution in [2.45, 2.75) is 13.3 Å². The summed E-state index contributed by atoms with van der Waals surface area (Å²) in [6, 6.07) is 11.3. The van der Waals surface area contributed by atoms with Gasteiger partial charge in [0.25, 0.3) is 0 Å². The SMILES string of the molecule is CC(=O)c1ccc(Cc2ccccn2)cc1Cl. The number of hydrogen-bond donors (Lipinski definition) is 0. The average molecular weight is 246 g/mol. The van der Waals surface area contributed by atoms with Crippen LogP contribution in [0.5, 0.6) is 0 Å². The Morgan fingerprint density at radius 1 is 1.29 bits per heavy atom. The van der Waals surface area contributed by atoms with Crippen LogP contribution in [0.4, 0.5) is 0 Å².